The van der Waals surface area contributed by atoms with Crippen molar-refractivity contribution >= 4 is 22.8 Å². The number of aryl methyl sites for hydroxylation is 1. The molecule has 0 saturated carbocycles. The number of halogens is 2. The predicted octanol–water partition coefficient (Wildman–Crippen LogP) is 5.57. The summed E-state index contributed by atoms with van der Waals surface area (Å²) in [5.74, 6) is 0.287. The van der Waals surface area contributed by atoms with Gasteiger partial charge in [0.1, 0.15) is 22.9 Å². The first kappa shape index (κ1) is 29.5. The van der Waals surface area contributed by atoms with Gasteiger partial charge in [-0.15, -0.1) is 0 Å². The van der Waals surface area contributed by atoms with E-state index in [0.29, 0.717) is 28.8 Å². The summed E-state index contributed by atoms with van der Waals surface area (Å²) in [6, 6.07) is 7.98. The molecule has 6 rings (SSSR count). The highest BCUT2D eigenvalue weighted by Gasteiger charge is 2.29. The maximum absolute atomic E-state index is 15.0. The Morgan fingerprint density at radius 3 is 2.30 bits per heavy atom. The number of fused-ring (bicyclic) bond motifs is 1. The summed E-state index contributed by atoms with van der Waals surface area (Å²) in [6.45, 7) is 14.9. The molecule has 0 bridgehead atoms. The van der Waals surface area contributed by atoms with E-state index in [1.165, 1.54) is 32.0 Å². The first-order chi connectivity index (χ1) is 20.7. The Morgan fingerprint density at radius 2 is 1.63 bits per heavy atom. The van der Waals surface area contributed by atoms with Crippen molar-refractivity contribution in [3.8, 4) is 11.3 Å². The van der Waals surface area contributed by atoms with Gasteiger partial charge >= 0.3 is 0 Å². The third-order valence-corrected chi connectivity index (χ3v) is 9.07. The van der Waals surface area contributed by atoms with Gasteiger partial charge in [-0.25, -0.2) is 28.7 Å². The number of likely N-dealkylation sites (N-methyl/N-ethyl adjacent to an activating group) is 1. The summed E-state index contributed by atoms with van der Waals surface area (Å²) in [5, 5.41) is 3.08. The predicted molar refractivity (Wildman–Crippen MR) is 165 cm³/mol. The van der Waals surface area contributed by atoms with E-state index in [4.69, 9.17) is 0 Å². The zero-order valence-electron chi connectivity index (χ0n) is 25.7. The van der Waals surface area contributed by atoms with E-state index in [0.717, 1.165) is 37.9 Å². The van der Waals surface area contributed by atoms with Gasteiger partial charge in [0.2, 0.25) is 5.95 Å². The monoisotopic (exact) mass is 589 g/mol. The largest absolute Gasteiger partial charge is 0.326 e. The number of rotatable bonds is 7. The van der Waals surface area contributed by atoms with Crippen molar-refractivity contribution in [3.63, 3.8) is 0 Å². The minimum Gasteiger partial charge on any atom is -0.326 e. The average Bonchev–Trinajstić information content (AvgIpc) is 3.35. The van der Waals surface area contributed by atoms with Crippen LogP contribution in [0.25, 0.3) is 22.3 Å². The van der Waals surface area contributed by atoms with Crippen LogP contribution in [0, 0.1) is 18.6 Å². The van der Waals surface area contributed by atoms with Crippen LogP contribution < -0.4 is 5.32 Å². The number of piperazine rings is 1. The minimum atomic E-state index is -0.634. The second-order valence-electron chi connectivity index (χ2n) is 12.2. The topological polar surface area (TPSA) is 78.2 Å². The Hall–Kier alpha value is -3.54. The fourth-order valence-corrected chi connectivity index (χ4v) is 6.56. The molecule has 4 aromatic rings. The molecule has 2 fully saturated rings. The van der Waals surface area contributed by atoms with Crippen LogP contribution in [0.4, 0.5) is 20.5 Å². The highest BCUT2D eigenvalue weighted by Crippen LogP contribution is 2.31. The van der Waals surface area contributed by atoms with Gasteiger partial charge in [-0.2, -0.15) is 0 Å². The molecule has 3 aromatic heterocycles. The van der Waals surface area contributed by atoms with Crippen LogP contribution in [0.5, 0.6) is 0 Å². The molecular weight excluding hydrogens is 548 g/mol. The van der Waals surface area contributed by atoms with Gasteiger partial charge in [-0.05, 0) is 71.3 Å². The van der Waals surface area contributed by atoms with Crippen LogP contribution >= 0.6 is 0 Å². The Balaban J connectivity index is 1.13. The van der Waals surface area contributed by atoms with Crippen LogP contribution in [0.2, 0.25) is 0 Å². The van der Waals surface area contributed by atoms with Crippen molar-refractivity contribution in [2.24, 2.45) is 0 Å². The zero-order valence-corrected chi connectivity index (χ0v) is 25.7. The highest BCUT2D eigenvalue weighted by molar-refractivity contribution is 5.83. The lowest BCUT2D eigenvalue weighted by molar-refractivity contribution is 0.0565. The molecule has 1 unspecified atom stereocenters. The molecule has 0 spiro atoms. The lowest BCUT2D eigenvalue weighted by Gasteiger charge is -2.43. The Bertz CT molecular complexity index is 1570. The number of hydrogen-bond acceptors (Lipinski definition) is 8. The third-order valence-electron chi connectivity index (χ3n) is 9.07. The molecule has 1 aromatic carbocycles. The zero-order chi connectivity index (χ0) is 30.2. The van der Waals surface area contributed by atoms with Crippen LogP contribution in [0.15, 0.2) is 36.7 Å². The number of imidazole rings is 1. The van der Waals surface area contributed by atoms with E-state index in [-0.39, 0.29) is 29.2 Å². The van der Waals surface area contributed by atoms with Crippen LogP contribution in [-0.2, 0) is 0 Å². The molecule has 11 heteroatoms. The molecule has 43 heavy (non-hydrogen) atoms. The summed E-state index contributed by atoms with van der Waals surface area (Å²) in [5.41, 5.74) is 2.34. The van der Waals surface area contributed by atoms with E-state index in [9.17, 15) is 4.39 Å². The number of piperidine rings is 1. The van der Waals surface area contributed by atoms with Crippen molar-refractivity contribution in [1.29, 1.82) is 0 Å². The molecule has 2 aliphatic rings. The molecule has 0 amide bonds. The first-order valence-corrected chi connectivity index (χ1v) is 15.3. The van der Waals surface area contributed by atoms with Gasteiger partial charge in [0.15, 0.2) is 11.6 Å². The Labute approximate surface area is 252 Å². The smallest absolute Gasteiger partial charge is 0.229 e. The molecule has 2 saturated heterocycles. The van der Waals surface area contributed by atoms with Gasteiger partial charge in [-0.3, -0.25) is 9.80 Å². The molecule has 9 nitrogen and oxygen atoms in total. The molecule has 0 aliphatic carbocycles. The molecule has 5 heterocycles. The summed E-state index contributed by atoms with van der Waals surface area (Å²) < 4.78 is 31.9. The standard InChI is InChI=1S/C32H41F2N9/c1-20(2)43-22(4)37-31-26(33)16-24(17-28(31)43)30-27(34)19-36-32(39-30)38-29-7-6-23(18-35-29)21(3)41-10-8-25(9-11-41)42-14-12-40(5)13-15-42/h6-7,16-21,25H,8-15H2,1-5H3,(H,35,36,38,39). The third kappa shape index (κ3) is 6.11. The molecule has 0 radical (unpaired) electrons. The van der Waals surface area contributed by atoms with E-state index >= 15 is 4.39 Å². The number of hydrogen-bond donors (Lipinski definition) is 1. The number of likely N-dealkylation sites (tertiary alicyclic amines) is 1. The quantitative estimate of drug-likeness (QED) is 0.300. The normalized spacial score (nSPS) is 18.5. The molecular formula is C32H41F2N9. The van der Waals surface area contributed by atoms with Gasteiger partial charge < -0.3 is 14.8 Å². The minimum absolute atomic E-state index is 0.0117. The highest BCUT2D eigenvalue weighted by atomic mass is 19.1. The maximum Gasteiger partial charge on any atom is 0.229 e. The van der Waals surface area contributed by atoms with Crippen LogP contribution in [0.3, 0.4) is 0 Å². The number of aromatic nitrogens is 5. The van der Waals surface area contributed by atoms with Gasteiger partial charge in [0, 0.05) is 69.2 Å². The van der Waals surface area contributed by atoms with Crippen molar-refractivity contribution < 1.29 is 8.78 Å². The lowest BCUT2D eigenvalue weighted by atomic mass is 9.99. The Morgan fingerprint density at radius 1 is 0.884 bits per heavy atom. The fraction of sp³-hybridized carbons (Fsp3) is 0.500. The van der Waals surface area contributed by atoms with E-state index in [1.807, 2.05) is 37.6 Å². The van der Waals surface area contributed by atoms with Crippen molar-refractivity contribution in [3.05, 3.63) is 59.7 Å². The van der Waals surface area contributed by atoms with E-state index in [2.05, 4.69) is 60.0 Å². The second kappa shape index (κ2) is 12.2. The maximum atomic E-state index is 15.0. The van der Waals surface area contributed by atoms with E-state index in [1.54, 1.807) is 6.07 Å². The average molecular weight is 590 g/mol. The molecule has 228 valence electrons. The summed E-state index contributed by atoms with van der Waals surface area (Å²) in [4.78, 5) is 25.1. The molecule has 1 N–H and O–H groups in total. The number of nitrogens with one attached hydrogen (secondary N) is 1. The molecule has 2 aliphatic heterocycles. The van der Waals surface area contributed by atoms with Crippen molar-refractivity contribution in [2.45, 2.75) is 58.7 Å². The Kier molecular flexibility index (Phi) is 8.39. The van der Waals surface area contributed by atoms with Gasteiger partial charge in [0.25, 0.3) is 0 Å². The van der Waals surface area contributed by atoms with Crippen LogP contribution in [0.1, 0.15) is 57.1 Å². The number of anilines is 2. The second-order valence-corrected chi connectivity index (χ2v) is 12.2. The van der Waals surface area contributed by atoms with Gasteiger partial charge in [-0.1, -0.05) is 6.07 Å². The number of pyridine rings is 1. The molecule has 1 atom stereocenters. The number of benzene rings is 1. The first-order valence-electron chi connectivity index (χ1n) is 15.3. The summed E-state index contributed by atoms with van der Waals surface area (Å²) >= 11 is 0. The lowest BCUT2D eigenvalue weighted by Crippen LogP contribution is -2.52. The van der Waals surface area contributed by atoms with Crippen molar-refractivity contribution in [1.82, 2.24) is 39.2 Å². The van der Waals surface area contributed by atoms with E-state index < -0.39 is 11.6 Å². The SMILES string of the molecule is Cc1nc2c(F)cc(-c3nc(Nc4ccc(C(C)N5CCC(N6CCN(C)CC6)CC5)cn4)ncc3F)cc2n1C(C)C. The summed E-state index contributed by atoms with van der Waals surface area (Å²) in [6.07, 6.45) is 5.37. The number of nitrogens with zero attached hydrogens (tertiary/aromatic N) is 8. The van der Waals surface area contributed by atoms with Crippen molar-refractivity contribution in [2.75, 3.05) is 51.6 Å². The van der Waals surface area contributed by atoms with Gasteiger partial charge in [0.05, 0.1) is 11.7 Å². The summed E-state index contributed by atoms with van der Waals surface area (Å²) in [7, 11) is 2.20. The van der Waals surface area contributed by atoms with Crippen LogP contribution in [-0.4, -0.2) is 91.6 Å². The fourth-order valence-electron chi connectivity index (χ4n) is 6.56.